The maximum Gasteiger partial charge on any atom is 0.266 e. The number of hydrogen-bond donors (Lipinski definition) is 0. The van der Waals surface area contributed by atoms with Crippen LogP contribution in [0, 0.1) is 6.92 Å². The molecule has 0 aliphatic carbocycles. The van der Waals surface area contributed by atoms with Gasteiger partial charge in [-0.2, -0.15) is 4.99 Å². The molecule has 1 fully saturated rings. The molecule has 1 aromatic heterocycles. The van der Waals surface area contributed by atoms with Crippen molar-refractivity contribution in [3.63, 3.8) is 0 Å². The summed E-state index contributed by atoms with van der Waals surface area (Å²) in [5.74, 6) is -0.0514. The van der Waals surface area contributed by atoms with Gasteiger partial charge in [-0.1, -0.05) is 29.8 Å². The average molecular weight is 364 g/mol. The normalized spacial score (nSPS) is 18.4. The second-order valence-corrected chi connectivity index (χ2v) is 7.10. The molecule has 0 saturated carbocycles. The summed E-state index contributed by atoms with van der Waals surface area (Å²) in [7, 11) is 0. The van der Waals surface area contributed by atoms with Crippen molar-refractivity contribution in [3.8, 4) is 0 Å². The molecule has 0 unspecified atom stereocenters. The zero-order valence-electron chi connectivity index (χ0n) is 12.6. The Balaban J connectivity index is 1.95. The van der Waals surface area contributed by atoms with Crippen LogP contribution in [0.25, 0.3) is 6.08 Å². The Morgan fingerprint density at radius 1 is 1.39 bits per heavy atom. The lowest BCUT2D eigenvalue weighted by Gasteiger charge is -2.11. The lowest BCUT2D eigenvalue weighted by Crippen LogP contribution is -2.28. The van der Waals surface area contributed by atoms with Crippen molar-refractivity contribution in [1.29, 1.82) is 0 Å². The summed E-state index contributed by atoms with van der Waals surface area (Å²) in [6, 6.07) is 7.46. The van der Waals surface area contributed by atoms with Crippen LogP contribution in [0.5, 0.6) is 0 Å². The van der Waals surface area contributed by atoms with Crippen molar-refractivity contribution in [1.82, 2.24) is 9.88 Å². The number of carbonyl (C=O) groups excluding carboxylic acids is 1. The van der Waals surface area contributed by atoms with Crippen LogP contribution in [-0.2, 0) is 4.79 Å². The fraction of sp³-hybridized carbons (Fsp3) is 0.188. The molecule has 23 heavy (non-hydrogen) atoms. The van der Waals surface area contributed by atoms with Gasteiger partial charge in [0, 0.05) is 16.9 Å². The number of carbonyl (C=O) groups is 1. The number of rotatable bonds is 3. The second kappa shape index (κ2) is 6.86. The maximum atomic E-state index is 12.6. The second-order valence-electron chi connectivity index (χ2n) is 4.85. The first kappa shape index (κ1) is 16.2. The molecule has 2 heterocycles. The zero-order chi connectivity index (χ0) is 16.4. The van der Waals surface area contributed by atoms with E-state index in [9.17, 15) is 4.79 Å². The minimum Gasteiger partial charge on any atom is -0.287 e. The molecule has 1 amide bonds. The summed E-state index contributed by atoms with van der Waals surface area (Å²) in [6.07, 6.45) is 1.81. The smallest absolute Gasteiger partial charge is 0.266 e. The van der Waals surface area contributed by atoms with Crippen molar-refractivity contribution in [2.45, 2.75) is 13.8 Å². The highest BCUT2D eigenvalue weighted by Gasteiger charge is 2.32. The van der Waals surface area contributed by atoms with Gasteiger partial charge in [-0.05, 0) is 43.3 Å². The fourth-order valence-electron chi connectivity index (χ4n) is 2.08. The summed E-state index contributed by atoms with van der Waals surface area (Å²) in [5.41, 5.74) is 1.76. The largest absolute Gasteiger partial charge is 0.287 e. The number of aryl methyl sites for hydroxylation is 1. The van der Waals surface area contributed by atoms with Gasteiger partial charge in [0.05, 0.1) is 10.6 Å². The third kappa shape index (κ3) is 3.49. The summed E-state index contributed by atoms with van der Waals surface area (Å²) < 4.78 is 0. The van der Waals surface area contributed by atoms with Crippen LogP contribution >= 0.6 is 34.7 Å². The standard InChI is InChI=1S/C16H14ClN3OS2/c1-3-20-14(21)13(8-11-6-4-5-7-12(11)17)23-16(20)19-15-18-10(2)9-22-15/h4-9H,3H2,1-2H3/b13-8-,19-16+. The molecule has 4 nitrogen and oxygen atoms in total. The number of amidine groups is 1. The number of likely N-dealkylation sites (N-methyl/N-ethyl adjacent to an activating group) is 1. The van der Waals surface area contributed by atoms with E-state index in [1.807, 2.05) is 49.6 Å². The number of nitrogens with zero attached hydrogens (tertiary/aromatic N) is 3. The van der Waals surface area contributed by atoms with E-state index >= 15 is 0 Å². The molecule has 3 rings (SSSR count). The Morgan fingerprint density at radius 2 is 2.17 bits per heavy atom. The SMILES string of the molecule is CCN1C(=O)/C(=C/c2ccccc2Cl)S/C1=N/c1nc(C)cs1. The van der Waals surface area contributed by atoms with Crippen LogP contribution in [0.3, 0.4) is 0 Å². The summed E-state index contributed by atoms with van der Waals surface area (Å²) in [6.45, 7) is 4.42. The van der Waals surface area contributed by atoms with Crippen LogP contribution in [-0.4, -0.2) is 27.5 Å². The highest BCUT2D eigenvalue weighted by molar-refractivity contribution is 8.18. The van der Waals surface area contributed by atoms with Crippen molar-refractivity contribution < 1.29 is 4.79 Å². The van der Waals surface area contributed by atoms with Gasteiger partial charge in [-0.25, -0.2) is 4.98 Å². The van der Waals surface area contributed by atoms with Crippen LogP contribution in [0.1, 0.15) is 18.2 Å². The quantitative estimate of drug-likeness (QED) is 0.740. The average Bonchev–Trinajstić information content (AvgIpc) is 3.06. The van der Waals surface area contributed by atoms with Crippen molar-refractivity contribution in [3.05, 3.63) is 50.8 Å². The molecule has 1 saturated heterocycles. The molecule has 1 aromatic carbocycles. The summed E-state index contributed by atoms with van der Waals surface area (Å²) in [5, 5.41) is 3.88. The predicted octanol–water partition coefficient (Wildman–Crippen LogP) is 4.73. The molecule has 118 valence electrons. The number of thiazole rings is 1. The third-order valence-electron chi connectivity index (χ3n) is 3.19. The molecule has 0 N–H and O–H groups in total. The molecule has 0 spiro atoms. The van der Waals surface area contributed by atoms with Gasteiger partial charge in [0.1, 0.15) is 0 Å². The van der Waals surface area contributed by atoms with Gasteiger partial charge in [0.25, 0.3) is 5.91 Å². The van der Waals surface area contributed by atoms with Gasteiger partial charge in [0.15, 0.2) is 5.17 Å². The highest BCUT2D eigenvalue weighted by atomic mass is 35.5. The Morgan fingerprint density at radius 3 is 2.83 bits per heavy atom. The first-order valence-corrected chi connectivity index (χ1v) is 9.12. The topological polar surface area (TPSA) is 45.6 Å². The van der Waals surface area contributed by atoms with Gasteiger partial charge >= 0.3 is 0 Å². The Labute approximate surface area is 147 Å². The van der Waals surface area contributed by atoms with E-state index in [-0.39, 0.29) is 5.91 Å². The first-order chi connectivity index (χ1) is 11.1. The molecule has 2 aromatic rings. The van der Waals surface area contributed by atoms with Gasteiger partial charge in [-0.15, -0.1) is 11.3 Å². The minimum absolute atomic E-state index is 0.0514. The number of thioether (sulfide) groups is 1. The first-order valence-electron chi connectivity index (χ1n) is 7.05. The Bertz CT molecular complexity index is 813. The number of halogens is 1. The van der Waals surface area contributed by atoms with E-state index in [0.29, 0.717) is 26.8 Å². The molecule has 1 aliphatic rings. The zero-order valence-corrected chi connectivity index (χ0v) is 15.0. The lowest BCUT2D eigenvalue weighted by atomic mass is 10.2. The fourth-order valence-corrected chi connectivity index (χ4v) is 4.03. The number of aromatic nitrogens is 1. The number of benzene rings is 1. The molecule has 0 atom stereocenters. The summed E-state index contributed by atoms with van der Waals surface area (Å²) >= 11 is 8.99. The molecule has 0 radical (unpaired) electrons. The maximum absolute atomic E-state index is 12.6. The number of amides is 1. The number of hydrogen-bond acceptors (Lipinski definition) is 5. The summed E-state index contributed by atoms with van der Waals surface area (Å²) in [4.78, 5) is 23.7. The minimum atomic E-state index is -0.0514. The van der Waals surface area contributed by atoms with Gasteiger partial charge in [0.2, 0.25) is 5.13 Å². The molecular formula is C16H14ClN3OS2. The Kier molecular flexibility index (Phi) is 4.84. The van der Waals surface area contributed by atoms with Crippen molar-refractivity contribution in [2.75, 3.05) is 6.54 Å². The predicted molar refractivity (Wildman–Crippen MR) is 98.4 cm³/mol. The third-order valence-corrected chi connectivity index (χ3v) is 5.40. The van der Waals surface area contributed by atoms with Crippen molar-refractivity contribution >= 4 is 57.0 Å². The van der Waals surface area contributed by atoms with E-state index < -0.39 is 0 Å². The molecule has 1 aliphatic heterocycles. The lowest BCUT2D eigenvalue weighted by molar-refractivity contribution is -0.122. The highest BCUT2D eigenvalue weighted by Crippen LogP contribution is 2.35. The van der Waals surface area contributed by atoms with Crippen LogP contribution in [0.2, 0.25) is 5.02 Å². The van der Waals surface area contributed by atoms with Gasteiger partial charge in [-0.3, -0.25) is 9.69 Å². The van der Waals surface area contributed by atoms with E-state index in [1.54, 1.807) is 4.90 Å². The van der Waals surface area contributed by atoms with E-state index in [0.717, 1.165) is 11.3 Å². The van der Waals surface area contributed by atoms with Crippen LogP contribution in [0.4, 0.5) is 5.13 Å². The van der Waals surface area contributed by atoms with Crippen LogP contribution in [0.15, 0.2) is 39.5 Å². The van der Waals surface area contributed by atoms with Crippen LogP contribution < -0.4 is 0 Å². The number of aliphatic imine (C=N–C) groups is 1. The van der Waals surface area contributed by atoms with E-state index in [1.165, 1.54) is 23.1 Å². The van der Waals surface area contributed by atoms with Crippen molar-refractivity contribution in [2.24, 2.45) is 4.99 Å². The molecule has 0 bridgehead atoms. The monoisotopic (exact) mass is 363 g/mol. The van der Waals surface area contributed by atoms with Gasteiger partial charge < -0.3 is 0 Å². The Hall–Kier alpha value is -1.63. The van der Waals surface area contributed by atoms with E-state index in [2.05, 4.69) is 9.98 Å². The molecule has 7 heteroatoms. The molecular weight excluding hydrogens is 350 g/mol. The van der Waals surface area contributed by atoms with E-state index in [4.69, 9.17) is 11.6 Å².